The van der Waals surface area contributed by atoms with Gasteiger partial charge in [0.2, 0.25) is 5.91 Å². The number of nitrogens with one attached hydrogen (secondary N) is 1. The van der Waals surface area contributed by atoms with Crippen molar-refractivity contribution in [3.63, 3.8) is 0 Å². The Kier molecular flexibility index (Phi) is 5.33. The van der Waals surface area contributed by atoms with E-state index in [1.165, 1.54) is 35.9 Å². The summed E-state index contributed by atoms with van der Waals surface area (Å²) in [7, 11) is 0. The van der Waals surface area contributed by atoms with Crippen molar-refractivity contribution < 1.29 is 4.79 Å². The fourth-order valence-corrected chi connectivity index (χ4v) is 5.21. The van der Waals surface area contributed by atoms with Gasteiger partial charge in [-0.3, -0.25) is 14.2 Å². The summed E-state index contributed by atoms with van der Waals surface area (Å²) in [6.07, 6.45) is 4.75. The van der Waals surface area contributed by atoms with E-state index in [-0.39, 0.29) is 17.5 Å². The molecule has 0 atom stereocenters. The standard InChI is InChI=1S/C18H24N4O2S2/c1-2-22-17(24)16-14(7-10-25-16)20-18(22)26-11-15(23)19-12-5-8-21(9-6-12)13-3-4-13/h7,10,12-13H,2-6,8-9,11H2,1H3,(H,19,23). The Morgan fingerprint density at radius 3 is 2.81 bits per heavy atom. The summed E-state index contributed by atoms with van der Waals surface area (Å²) in [6.45, 7) is 4.67. The van der Waals surface area contributed by atoms with Crippen molar-refractivity contribution in [2.24, 2.45) is 0 Å². The van der Waals surface area contributed by atoms with Crippen LogP contribution in [-0.2, 0) is 11.3 Å². The van der Waals surface area contributed by atoms with Crippen LogP contribution in [0.4, 0.5) is 0 Å². The molecule has 2 fully saturated rings. The van der Waals surface area contributed by atoms with Crippen LogP contribution < -0.4 is 10.9 Å². The highest BCUT2D eigenvalue weighted by molar-refractivity contribution is 7.99. The van der Waals surface area contributed by atoms with Crippen molar-refractivity contribution >= 4 is 39.2 Å². The molecule has 140 valence electrons. The van der Waals surface area contributed by atoms with Crippen molar-refractivity contribution in [3.05, 3.63) is 21.8 Å². The third-order valence-electron chi connectivity index (χ3n) is 5.14. The van der Waals surface area contributed by atoms with Crippen LogP contribution >= 0.6 is 23.1 Å². The van der Waals surface area contributed by atoms with Gasteiger partial charge in [-0.2, -0.15) is 0 Å². The van der Waals surface area contributed by atoms with Crippen molar-refractivity contribution in [1.82, 2.24) is 19.8 Å². The first-order chi connectivity index (χ1) is 12.7. The fourth-order valence-electron chi connectivity index (χ4n) is 3.56. The number of rotatable bonds is 6. The van der Waals surface area contributed by atoms with Gasteiger partial charge in [-0.15, -0.1) is 11.3 Å². The Balaban J connectivity index is 1.34. The van der Waals surface area contributed by atoms with Crippen LogP contribution in [0.15, 0.2) is 21.4 Å². The highest BCUT2D eigenvalue weighted by Gasteiger charge is 2.32. The number of fused-ring (bicyclic) bond motifs is 1. The number of thiophene rings is 1. The summed E-state index contributed by atoms with van der Waals surface area (Å²) >= 11 is 2.77. The number of amides is 1. The fraction of sp³-hybridized carbons (Fsp3) is 0.611. The second-order valence-electron chi connectivity index (χ2n) is 6.98. The van der Waals surface area contributed by atoms with E-state index in [1.54, 1.807) is 4.57 Å². The first-order valence-corrected chi connectivity index (χ1v) is 11.2. The van der Waals surface area contributed by atoms with Gasteiger partial charge >= 0.3 is 0 Å². The van der Waals surface area contributed by atoms with Gasteiger partial charge in [0, 0.05) is 31.7 Å². The lowest BCUT2D eigenvalue weighted by Crippen LogP contribution is -2.45. The molecule has 1 N–H and O–H groups in total. The maximum Gasteiger partial charge on any atom is 0.272 e. The van der Waals surface area contributed by atoms with Crippen LogP contribution in [0.5, 0.6) is 0 Å². The average molecular weight is 393 g/mol. The number of nitrogens with zero attached hydrogens (tertiary/aromatic N) is 3. The largest absolute Gasteiger partial charge is 0.353 e. The predicted octanol–water partition coefficient (Wildman–Crippen LogP) is 2.31. The quantitative estimate of drug-likeness (QED) is 0.604. The molecule has 6 nitrogen and oxygen atoms in total. The molecule has 4 rings (SSSR count). The third-order valence-corrected chi connectivity index (χ3v) is 7.01. The minimum atomic E-state index is -0.0112. The molecule has 0 unspecified atom stereocenters. The van der Waals surface area contributed by atoms with E-state index in [0.717, 1.165) is 37.5 Å². The van der Waals surface area contributed by atoms with E-state index in [4.69, 9.17) is 0 Å². The van der Waals surface area contributed by atoms with E-state index in [0.29, 0.717) is 22.2 Å². The van der Waals surface area contributed by atoms with Gasteiger partial charge < -0.3 is 10.2 Å². The maximum absolute atomic E-state index is 12.5. The molecule has 0 aromatic carbocycles. The highest BCUT2D eigenvalue weighted by Crippen LogP contribution is 2.29. The summed E-state index contributed by atoms with van der Waals surface area (Å²) in [4.78, 5) is 32.0. The van der Waals surface area contributed by atoms with Crippen molar-refractivity contribution in [2.75, 3.05) is 18.8 Å². The van der Waals surface area contributed by atoms with Gasteiger partial charge in [-0.1, -0.05) is 11.8 Å². The molecular formula is C18H24N4O2S2. The van der Waals surface area contributed by atoms with Gasteiger partial charge in [0.1, 0.15) is 4.70 Å². The Hall–Kier alpha value is -1.38. The van der Waals surface area contributed by atoms with Crippen molar-refractivity contribution in [1.29, 1.82) is 0 Å². The molecule has 0 bridgehead atoms. The number of thioether (sulfide) groups is 1. The molecule has 2 aromatic heterocycles. The van der Waals surface area contributed by atoms with E-state index in [1.807, 2.05) is 18.4 Å². The van der Waals surface area contributed by atoms with E-state index >= 15 is 0 Å². The van der Waals surface area contributed by atoms with Gasteiger partial charge in [-0.25, -0.2) is 4.98 Å². The number of carbonyl (C=O) groups is 1. The summed E-state index contributed by atoms with van der Waals surface area (Å²) in [5, 5.41) is 5.66. The number of hydrogen-bond donors (Lipinski definition) is 1. The topological polar surface area (TPSA) is 67.2 Å². The smallest absolute Gasteiger partial charge is 0.272 e. The Labute approximate surface area is 161 Å². The van der Waals surface area contributed by atoms with Gasteiger partial charge in [0.25, 0.3) is 5.56 Å². The lowest BCUT2D eigenvalue weighted by Gasteiger charge is -2.32. The SMILES string of the molecule is CCn1c(SCC(=O)NC2CCN(C3CC3)CC2)nc2ccsc2c1=O. The van der Waals surface area contributed by atoms with Crippen LogP contribution in [0, 0.1) is 0 Å². The normalized spacial score (nSPS) is 19.1. The minimum Gasteiger partial charge on any atom is -0.353 e. The van der Waals surface area contributed by atoms with Gasteiger partial charge in [-0.05, 0) is 44.1 Å². The first kappa shape index (κ1) is 18.0. The van der Waals surface area contributed by atoms with Crippen LogP contribution in [0.1, 0.15) is 32.6 Å². The van der Waals surface area contributed by atoms with Gasteiger partial charge in [0.15, 0.2) is 5.16 Å². The monoisotopic (exact) mass is 392 g/mol. The van der Waals surface area contributed by atoms with Crippen LogP contribution in [0.2, 0.25) is 0 Å². The molecule has 0 spiro atoms. The number of aromatic nitrogens is 2. The molecule has 1 aliphatic carbocycles. The van der Waals surface area contributed by atoms with Gasteiger partial charge in [0.05, 0.1) is 11.3 Å². The molecule has 26 heavy (non-hydrogen) atoms. The molecule has 1 saturated carbocycles. The molecule has 1 amide bonds. The number of hydrogen-bond acceptors (Lipinski definition) is 6. The van der Waals surface area contributed by atoms with Crippen LogP contribution in [0.3, 0.4) is 0 Å². The zero-order chi connectivity index (χ0) is 18.1. The van der Waals surface area contributed by atoms with E-state index < -0.39 is 0 Å². The molecule has 1 aliphatic heterocycles. The molecule has 2 aliphatic rings. The zero-order valence-corrected chi connectivity index (χ0v) is 16.6. The first-order valence-electron chi connectivity index (χ1n) is 9.30. The van der Waals surface area contributed by atoms with E-state index in [2.05, 4.69) is 15.2 Å². The van der Waals surface area contributed by atoms with Crippen molar-refractivity contribution in [2.45, 2.75) is 56.4 Å². The van der Waals surface area contributed by atoms with Crippen LogP contribution in [-0.4, -0.2) is 51.3 Å². The summed E-state index contributed by atoms with van der Waals surface area (Å²) in [5.41, 5.74) is 0.711. The zero-order valence-electron chi connectivity index (χ0n) is 14.9. The number of piperidine rings is 1. The second-order valence-corrected chi connectivity index (χ2v) is 8.83. The molecule has 1 saturated heterocycles. The second kappa shape index (κ2) is 7.70. The molecule has 8 heteroatoms. The summed E-state index contributed by atoms with van der Waals surface area (Å²) < 4.78 is 2.34. The Bertz CT molecular complexity index is 850. The Morgan fingerprint density at radius 1 is 1.35 bits per heavy atom. The number of carbonyl (C=O) groups excluding carboxylic acids is 1. The lowest BCUT2D eigenvalue weighted by atomic mass is 10.1. The molecular weight excluding hydrogens is 368 g/mol. The lowest BCUT2D eigenvalue weighted by molar-refractivity contribution is -0.119. The molecule has 2 aromatic rings. The molecule has 3 heterocycles. The summed E-state index contributed by atoms with van der Waals surface area (Å²) in [6, 6.07) is 2.95. The number of likely N-dealkylation sites (tertiary alicyclic amines) is 1. The predicted molar refractivity (Wildman–Crippen MR) is 106 cm³/mol. The highest BCUT2D eigenvalue weighted by atomic mass is 32.2. The maximum atomic E-state index is 12.5. The van der Waals surface area contributed by atoms with E-state index in [9.17, 15) is 9.59 Å². The summed E-state index contributed by atoms with van der Waals surface area (Å²) in [5.74, 6) is 0.326. The molecule has 0 radical (unpaired) electrons. The third kappa shape index (κ3) is 3.82. The average Bonchev–Trinajstić information content (AvgIpc) is 3.38. The van der Waals surface area contributed by atoms with Crippen LogP contribution in [0.25, 0.3) is 10.2 Å². The van der Waals surface area contributed by atoms with Crippen molar-refractivity contribution in [3.8, 4) is 0 Å². The minimum absolute atomic E-state index is 0.0112. The Morgan fingerprint density at radius 2 is 2.12 bits per heavy atom.